The first-order valence-corrected chi connectivity index (χ1v) is 9.33. The molecule has 0 bridgehead atoms. The normalized spacial score (nSPS) is 33.3. The SMILES string of the molecule is C1=CC2[CH-]CCC2C=C1.C1=CC2[CH-]CCC2C=C1.C[C](C)=[Ti+2]. The number of fused-ring (bicyclic) bond motifs is 2. The number of allylic oxidation sites excluding steroid dienone is 8. The van der Waals surface area contributed by atoms with Crippen LogP contribution in [0.3, 0.4) is 0 Å². The van der Waals surface area contributed by atoms with E-state index in [0.29, 0.717) is 0 Å². The van der Waals surface area contributed by atoms with Crippen LogP contribution in [0.4, 0.5) is 0 Å². The molecule has 0 amide bonds. The summed E-state index contributed by atoms with van der Waals surface area (Å²) in [6.45, 7) is 4.17. The maximum absolute atomic E-state index is 2.42. The summed E-state index contributed by atoms with van der Waals surface area (Å²) in [6.07, 6.45) is 28.1. The monoisotopic (exact) mass is 328 g/mol. The van der Waals surface area contributed by atoms with Crippen LogP contribution >= 0.6 is 0 Å². The zero-order valence-electron chi connectivity index (χ0n) is 13.9. The van der Waals surface area contributed by atoms with Gasteiger partial charge in [-0.15, -0.1) is 24.0 Å². The third-order valence-corrected chi connectivity index (χ3v) is 4.47. The van der Waals surface area contributed by atoms with Crippen LogP contribution in [0, 0.1) is 36.5 Å². The first kappa shape index (κ1) is 17.9. The van der Waals surface area contributed by atoms with Crippen molar-refractivity contribution in [3.63, 3.8) is 0 Å². The molecule has 4 unspecified atom stereocenters. The number of hydrogen-bond acceptors (Lipinski definition) is 0. The second-order valence-corrected chi connectivity index (χ2v) is 8.21. The molecule has 2 fully saturated rings. The van der Waals surface area contributed by atoms with Gasteiger partial charge in [-0.3, -0.25) is 0 Å². The van der Waals surface area contributed by atoms with Gasteiger partial charge in [0.15, 0.2) is 0 Å². The summed E-state index contributed by atoms with van der Waals surface area (Å²) < 4.78 is 1.42. The van der Waals surface area contributed by atoms with Crippen LogP contribution in [0.15, 0.2) is 48.6 Å². The van der Waals surface area contributed by atoms with E-state index < -0.39 is 0 Å². The van der Waals surface area contributed by atoms with Gasteiger partial charge in [0, 0.05) is 0 Å². The van der Waals surface area contributed by atoms with Gasteiger partial charge in [0.25, 0.3) is 0 Å². The second-order valence-electron chi connectivity index (χ2n) is 6.65. The van der Waals surface area contributed by atoms with Crippen LogP contribution in [0.2, 0.25) is 0 Å². The van der Waals surface area contributed by atoms with Crippen molar-refractivity contribution in [1.29, 1.82) is 0 Å². The Balaban J connectivity index is 0.000000131. The predicted octanol–water partition coefficient (Wildman–Crippen LogP) is 5.43. The molecule has 4 rings (SSSR count). The van der Waals surface area contributed by atoms with E-state index in [1.165, 1.54) is 29.5 Å². The Bertz CT molecular complexity index is 388. The van der Waals surface area contributed by atoms with E-state index >= 15 is 0 Å². The predicted molar refractivity (Wildman–Crippen MR) is 93.9 cm³/mol. The van der Waals surface area contributed by atoms with Gasteiger partial charge < -0.3 is 12.8 Å². The maximum atomic E-state index is 2.42. The van der Waals surface area contributed by atoms with Gasteiger partial charge in [-0.2, -0.15) is 12.8 Å². The molecule has 4 aliphatic rings. The summed E-state index contributed by atoms with van der Waals surface area (Å²) in [4.78, 5) is 0. The molecule has 0 nitrogen and oxygen atoms in total. The van der Waals surface area contributed by atoms with Crippen molar-refractivity contribution in [3.8, 4) is 0 Å². The third-order valence-electron chi connectivity index (χ3n) is 4.47. The first-order chi connectivity index (χ1) is 10.7. The molecular weight excluding hydrogens is 300 g/mol. The van der Waals surface area contributed by atoms with E-state index in [2.05, 4.69) is 95.3 Å². The average Bonchev–Trinajstić information content (AvgIpc) is 3.16. The summed E-state index contributed by atoms with van der Waals surface area (Å²) in [7, 11) is 0. The van der Waals surface area contributed by atoms with E-state index in [4.69, 9.17) is 0 Å². The summed E-state index contributed by atoms with van der Waals surface area (Å²) in [5.41, 5.74) is 0. The molecule has 1 heteroatoms. The molecule has 116 valence electrons. The molecule has 22 heavy (non-hydrogen) atoms. The fraction of sp³-hybridized carbons (Fsp3) is 0.476. The molecule has 0 radical (unpaired) electrons. The molecule has 4 aliphatic carbocycles. The summed E-state index contributed by atoms with van der Waals surface area (Å²) in [5, 5.41) is 0. The Morgan fingerprint density at radius 3 is 1.50 bits per heavy atom. The Morgan fingerprint density at radius 1 is 0.773 bits per heavy atom. The van der Waals surface area contributed by atoms with Gasteiger partial charge in [-0.25, -0.2) is 0 Å². The molecule has 0 saturated heterocycles. The van der Waals surface area contributed by atoms with E-state index in [1.807, 2.05) is 0 Å². The summed E-state index contributed by atoms with van der Waals surface area (Å²) in [5.74, 6) is 3.23. The zero-order valence-corrected chi connectivity index (χ0v) is 15.5. The standard InChI is InChI=1S/2C9H11.C3H6.Ti/c2*1-2-5-9-7-3-6-8(9)4-1;1-3-2;/h2*1-2,4-6,8-9H,3,7H2;1-2H3;/q2*-1;;+2. The van der Waals surface area contributed by atoms with Crippen LogP contribution in [0.5, 0.6) is 0 Å². The van der Waals surface area contributed by atoms with Crippen molar-refractivity contribution < 1.29 is 20.0 Å². The Labute approximate surface area is 148 Å². The fourth-order valence-corrected chi connectivity index (χ4v) is 3.39. The molecule has 0 N–H and O–H groups in total. The van der Waals surface area contributed by atoms with Crippen LogP contribution < -0.4 is 0 Å². The van der Waals surface area contributed by atoms with Crippen molar-refractivity contribution in [1.82, 2.24) is 0 Å². The minimum atomic E-state index is 0.773. The van der Waals surface area contributed by atoms with Gasteiger partial charge in [0.2, 0.25) is 0 Å². The first-order valence-electron chi connectivity index (χ1n) is 8.55. The van der Waals surface area contributed by atoms with Crippen LogP contribution in [-0.4, -0.2) is 3.81 Å². The van der Waals surface area contributed by atoms with Crippen molar-refractivity contribution >= 4 is 3.81 Å². The van der Waals surface area contributed by atoms with Gasteiger partial charge in [-0.1, -0.05) is 49.3 Å². The number of hydrogen-bond donors (Lipinski definition) is 0. The third kappa shape index (κ3) is 5.97. The van der Waals surface area contributed by atoms with Gasteiger partial charge in [-0.05, 0) is 11.8 Å². The fourth-order valence-electron chi connectivity index (χ4n) is 3.39. The second kappa shape index (κ2) is 9.63. The molecule has 0 aromatic carbocycles. The van der Waals surface area contributed by atoms with E-state index in [-0.39, 0.29) is 0 Å². The Hall–Kier alpha value is -0.456. The summed E-state index contributed by atoms with van der Waals surface area (Å²) >= 11 is 2.08. The Morgan fingerprint density at radius 2 is 1.14 bits per heavy atom. The van der Waals surface area contributed by atoms with E-state index in [1.54, 1.807) is 0 Å². The quantitative estimate of drug-likeness (QED) is 0.411. The van der Waals surface area contributed by atoms with E-state index in [9.17, 15) is 0 Å². The van der Waals surface area contributed by atoms with E-state index in [0.717, 1.165) is 23.7 Å². The minimum absolute atomic E-state index is 0.773. The molecule has 0 aromatic heterocycles. The number of rotatable bonds is 0. The summed E-state index contributed by atoms with van der Waals surface area (Å²) in [6, 6.07) is 0. The molecule has 0 spiro atoms. The van der Waals surface area contributed by atoms with Crippen molar-refractivity contribution in [2.75, 3.05) is 0 Å². The molecule has 4 atom stereocenters. The zero-order chi connectivity index (χ0) is 15.8. The molecule has 2 saturated carbocycles. The average molecular weight is 328 g/mol. The van der Waals surface area contributed by atoms with Crippen LogP contribution in [-0.2, 0) is 20.0 Å². The molecule has 0 aromatic rings. The van der Waals surface area contributed by atoms with Crippen molar-refractivity contribution in [2.24, 2.45) is 23.7 Å². The van der Waals surface area contributed by atoms with Gasteiger partial charge in [0.1, 0.15) is 0 Å². The van der Waals surface area contributed by atoms with Crippen molar-refractivity contribution in [3.05, 3.63) is 61.4 Å². The van der Waals surface area contributed by atoms with Gasteiger partial charge in [0.05, 0.1) is 0 Å². The van der Waals surface area contributed by atoms with Gasteiger partial charge >= 0.3 is 37.6 Å². The molecular formula is C21H28Ti. The van der Waals surface area contributed by atoms with Crippen molar-refractivity contribution in [2.45, 2.75) is 39.5 Å². The van der Waals surface area contributed by atoms with Crippen LogP contribution in [0.25, 0.3) is 0 Å². The Kier molecular flexibility index (Phi) is 7.83. The topological polar surface area (TPSA) is 0 Å². The molecule has 0 aliphatic heterocycles. The molecule has 0 heterocycles. The van der Waals surface area contributed by atoms with Crippen LogP contribution in [0.1, 0.15) is 39.5 Å².